The molecule has 3 rings (SSSR count). The molecule has 0 radical (unpaired) electrons. The Hall–Kier alpha value is -3.48. The normalized spacial score (nSPS) is 11.7. The van der Waals surface area contributed by atoms with Gasteiger partial charge in [-0.3, -0.25) is 9.59 Å². The van der Waals surface area contributed by atoms with Crippen molar-refractivity contribution in [2.24, 2.45) is 0 Å². The predicted molar refractivity (Wildman–Crippen MR) is 108 cm³/mol. The number of carbonyl (C=O) groups is 1. The highest BCUT2D eigenvalue weighted by Gasteiger charge is 2.21. The van der Waals surface area contributed by atoms with Gasteiger partial charge in [0.25, 0.3) is 5.91 Å². The first kappa shape index (κ1) is 20.3. The Balaban J connectivity index is 1.98. The van der Waals surface area contributed by atoms with E-state index in [0.717, 1.165) is 5.56 Å². The number of nitrogens with one attached hydrogen (secondary N) is 1. The highest BCUT2D eigenvalue weighted by molar-refractivity contribution is 5.92. The molecule has 1 atom stereocenters. The number of para-hydroxylation sites is 2. The van der Waals surface area contributed by atoms with Crippen molar-refractivity contribution in [3.05, 3.63) is 87.6 Å². The van der Waals surface area contributed by atoms with Crippen molar-refractivity contribution < 1.29 is 13.9 Å². The highest BCUT2D eigenvalue weighted by Crippen LogP contribution is 2.27. The van der Waals surface area contributed by atoms with Crippen LogP contribution in [0.1, 0.15) is 41.1 Å². The lowest BCUT2D eigenvalue weighted by atomic mass is 10.0. The van der Waals surface area contributed by atoms with Gasteiger partial charge in [0.05, 0.1) is 13.2 Å². The summed E-state index contributed by atoms with van der Waals surface area (Å²) in [6.07, 6.45) is 0.583. The average Bonchev–Trinajstić information content (AvgIpc) is 2.72. The zero-order chi connectivity index (χ0) is 21.0. The van der Waals surface area contributed by atoms with Gasteiger partial charge in [0.15, 0.2) is 5.69 Å². The van der Waals surface area contributed by atoms with Crippen LogP contribution in [0.3, 0.4) is 0 Å². The fourth-order valence-corrected chi connectivity index (χ4v) is 3.15. The molecule has 7 heteroatoms. The Labute approximate surface area is 168 Å². The number of aryl methyl sites for hydroxylation is 1. The zero-order valence-corrected chi connectivity index (χ0v) is 16.5. The number of rotatable bonds is 6. The Bertz CT molecular complexity index is 1090. The largest absolute Gasteiger partial charge is 0.496 e. The van der Waals surface area contributed by atoms with E-state index in [-0.39, 0.29) is 17.4 Å². The molecule has 1 unspecified atom stereocenters. The van der Waals surface area contributed by atoms with Crippen molar-refractivity contribution in [1.29, 1.82) is 0 Å². The van der Waals surface area contributed by atoms with Crippen LogP contribution in [-0.2, 0) is 0 Å². The number of halogens is 1. The van der Waals surface area contributed by atoms with Crippen LogP contribution >= 0.6 is 0 Å². The predicted octanol–water partition coefficient (Wildman–Crippen LogP) is 3.57. The minimum Gasteiger partial charge on any atom is -0.496 e. The van der Waals surface area contributed by atoms with Crippen molar-refractivity contribution in [2.75, 3.05) is 7.11 Å². The summed E-state index contributed by atoms with van der Waals surface area (Å²) in [5, 5.41) is 6.99. The molecule has 0 spiro atoms. The first-order valence-corrected chi connectivity index (χ1v) is 9.26. The third-order valence-corrected chi connectivity index (χ3v) is 4.63. The molecule has 0 fully saturated rings. The summed E-state index contributed by atoms with van der Waals surface area (Å²) in [4.78, 5) is 25.3. The van der Waals surface area contributed by atoms with Crippen molar-refractivity contribution in [2.45, 2.75) is 26.3 Å². The summed E-state index contributed by atoms with van der Waals surface area (Å²) in [5.74, 6) is -0.489. The number of nitrogens with zero attached hydrogens (tertiary/aromatic N) is 2. The van der Waals surface area contributed by atoms with Crippen LogP contribution in [0.25, 0.3) is 5.69 Å². The molecule has 1 N–H and O–H groups in total. The second kappa shape index (κ2) is 8.68. The molecule has 2 aromatic carbocycles. The molecule has 150 valence electrons. The molecular weight excluding hydrogens is 373 g/mol. The third-order valence-electron chi connectivity index (χ3n) is 4.63. The first-order valence-electron chi connectivity index (χ1n) is 9.26. The minimum absolute atomic E-state index is 0.163. The number of amides is 1. The topological polar surface area (TPSA) is 73.2 Å². The van der Waals surface area contributed by atoms with Crippen LogP contribution in [0.5, 0.6) is 5.75 Å². The van der Waals surface area contributed by atoms with Gasteiger partial charge >= 0.3 is 0 Å². The minimum atomic E-state index is -0.627. The van der Waals surface area contributed by atoms with Gasteiger partial charge in [-0.2, -0.15) is 5.10 Å². The SMILES string of the molecule is CCC(NC(=O)c1nn(-c2ccccc2F)c(C)cc1=O)c1ccccc1OC. The smallest absolute Gasteiger partial charge is 0.276 e. The van der Waals surface area contributed by atoms with Crippen LogP contribution in [-0.4, -0.2) is 22.8 Å². The average molecular weight is 395 g/mol. The van der Waals surface area contributed by atoms with Gasteiger partial charge in [0.2, 0.25) is 5.43 Å². The number of hydrogen-bond acceptors (Lipinski definition) is 4. The molecule has 1 heterocycles. The number of aromatic nitrogens is 2. The van der Waals surface area contributed by atoms with E-state index >= 15 is 0 Å². The Morgan fingerprint density at radius 3 is 2.59 bits per heavy atom. The Morgan fingerprint density at radius 2 is 1.90 bits per heavy atom. The zero-order valence-electron chi connectivity index (χ0n) is 16.5. The standard InChI is InChI=1S/C22H22FN3O3/c1-4-17(15-9-5-8-12-20(15)29-3)24-22(28)21-19(27)13-14(2)26(25-21)18-11-7-6-10-16(18)23/h5-13,17H,4H2,1-3H3,(H,24,28). The second-order valence-corrected chi connectivity index (χ2v) is 6.54. The van der Waals surface area contributed by atoms with Gasteiger partial charge in [0, 0.05) is 17.3 Å². The number of methoxy groups -OCH3 is 1. The van der Waals surface area contributed by atoms with Gasteiger partial charge in [0.1, 0.15) is 17.3 Å². The van der Waals surface area contributed by atoms with E-state index in [1.807, 2.05) is 25.1 Å². The van der Waals surface area contributed by atoms with E-state index in [2.05, 4.69) is 10.4 Å². The summed E-state index contributed by atoms with van der Waals surface area (Å²) >= 11 is 0. The van der Waals surface area contributed by atoms with E-state index in [9.17, 15) is 14.0 Å². The maximum absolute atomic E-state index is 14.2. The lowest BCUT2D eigenvalue weighted by Gasteiger charge is -2.20. The van der Waals surface area contributed by atoms with Crippen LogP contribution in [0.2, 0.25) is 0 Å². The van der Waals surface area contributed by atoms with Crippen molar-refractivity contribution in [3.63, 3.8) is 0 Å². The molecule has 0 saturated carbocycles. The molecule has 1 aromatic heterocycles. The van der Waals surface area contributed by atoms with Crippen LogP contribution in [0.4, 0.5) is 4.39 Å². The van der Waals surface area contributed by atoms with Gasteiger partial charge in [-0.05, 0) is 31.5 Å². The van der Waals surface area contributed by atoms with E-state index in [1.54, 1.807) is 32.2 Å². The van der Waals surface area contributed by atoms with Gasteiger partial charge in [-0.25, -0.2) is 9.07 Å². The molecule has 0 aliphatic rings. The molecule has 6 nitrogen and oxygen atoms in total. The quantitative estimate of drug-likeness (QED) is 0.693. The van der Waals surface area contributed by atoms with E-state index in [4.69, 9.17) is 4.74 Å². The summed E-state index contributed by atoms with van der Waals surface area (Å²) in [7, 11) is 1.56. The molecule has 0 bridgehead atoms. The molecule has 3 aromatic rings. The van der Waals surface area contributed by atoms with Crippen LogP contribution in [0, 0.1) is 12.7 Å². The van der Waals surface area contributed by atoms with Crippen LogP contribution in [0.15, 0.2) is 59.4 Å². The third kappa shape index (κ3) is 4.18. The number of hydrogen-bond donors (Lipinski definition) is 1. The molecule has 29 heavy (non-hydrogen) atoms. The lowest BCUT2D eigenvalue weighted by Crippen LogP contribution is -2.34. The van der Waals surface area contributed by atoms with Gasteiger partial charge in [-0.1, -0.05) is 37.3 Å². The number of benzene rings is 2. The molecule has 0 saturated heterocycles. The fourth-order valence-electron chi connectivity index (χ4n) is 3.15. The number of ether oxygens (including phenoxy) is 1. The second-order valence-electron chi connectivity index (χ2n) is 6.54. The summed E-state index contributed by atoms with van der Waals surface area (Å²) in [6.45, 7) is 3.55. The lowest BCUT2D eigenvalue weighted by molar-refractivity contribution is 0.0927. The van der Waals surface area contributed by atoms with E-state index in [1.165, 1.54) is 22.9 Å². The Kier molecular flexibility index (Phi) is 6.07. The molecule has 0 aliphatic carbocycles. The Morgan fingerprint density at radius 1 is 1.21 bits per heavy atom. The van der Waals surface area contributed by atoms with Crippen molar-refractivity contribution in [3.8, 4) is 11.4 Å². The van der Waals surface area contributed by atoms with Gasteiger partial charge < -0.3 is 10.1 Å². The van der Waals surface area contributed by atoms with Gasteiger partial charge in [-0.15, -0.1) is 0 Å². The monoisotopic (exact) mass is 395 g/mol. The number of carbonyl (C=O) groups excluding carboxylic acids is 1. The van der Waals surface area contributed by atoms with Crippen molar-refractivity contribution in [1.82, 2.24) is 15.1 Å². The first-order chi connectivity index (χ1) is 14.0. The van der Waals surface area contributed by atoms with E-state index < -0.39 is 17.2 Å². The summed E-state index contributed by atoms with van der Waals surface area (Å²) in [6, 6.07) is 14.3. The molecule has 0 aliphatic heterocycles. The maximum Gasteiger partial charge on any atom is 0.276 e. The van der Waals surface area contributed by atoms with Crippen molar-refractivity contribution >= 4 is 5.91 Å². The highest BCUT2D eigenvalue weighted by atomic mass is 19.1. The maximum atomic E-state index is 14.2. The summed E-state index contributed by atoms with van der Waals surface area (Å²) < 4.78 is 20.8. The molecule has 1 amide bonds. The molecular formula is C22H22FN3O3. The van der Waals surface area contributed by atoms with Crippen LogP contribution < -0.4 is 15.5 Å². The summed E-state index contributed by atoms with van der Waals surface area (Å²) in [5.41, 5.74) is 0.561. The van der Waals surface area contributed by atoms with E-state index in [0.29, 0.717) is 17.9 Å². The fraction of sp³-hybridized carbons (Fsp3) is 0.227.